The molecule has 154 valence electrons. The molecule has 11 heteroatoms. The van der Waals surface area contributed by atoms with Gasteiger partial charge in [0, 0.05) is 5.92 Å². The number of ether oxygens (including phenoxy) is 2. The number of nitrogens with two attached hydrogens (primary N) is 1. The van der Waals surface area contributed by atoms with E-state index in [4.69, 9.17) is 15.6 Å². The Kier molecular flexibility index (Phi) is 6.16. The Morgan fingerprint density at radius 3 is 3.00 bits per heavy atom. The summed E-state index contributed by atoms with van der Waals surface area (Å²) in [6, 6.07) is 0. The smallest absolute Gasteiger partial charge is 0.450 e. The van der Waals surface area contributed by atoms with Gasteiger partial charge in [0.05, 0.1) is 29.7 Å². The highest BCUT2D eigenvalue weighted by atomic mass is 32.1. The second-order valence-electron chi connectivity index (χ2n) is 6.97. The second-order valence-corrected chi connectivity index (χ2v) is 7.97. The fourth-order valence-electron chi connectivity index (χ4n) is 3.62. The van der Waals surface area contributed by atoms with Gasteiger partial charge in [-0.15, -0.1) is 0 Å². The Hall–Kier alpha value is -2.24. The summed E-state index contributed by atoms with van der Waals surface area (Å²) < 4.78 is 12.8. The molecule has 0 amide bonds. The van der Waals surface area contributed by atoms with Crippen LogP contribution in [0.25, 0.3) is 10.3 Å². The third-order valence-corrected chi connectivity index (χ3v) is 6.07. The third-order valence-electron chi connectivity index (χ3n) is 5.19. The van der Waals surface area contributed by atoms with Gasteiger partial charge in [-0.25, -0.2) is 9.78 Å². The number of hydrogen-bond acceptors (Lipinski definition) is 9. The molecular weight excluding hydrogens is 388 g/mol. The summed E-state index contributed by atoms with van der Waals surface area (Å²) in [5.74, 6) is -0.0867. The molecular formula is C17H24N4O6S. The normalized spacial score (nSPS) is 24.3. The summed E-state index contributed by atoms with van der Waals surface area (Å²) in [7, 11) is 0. The molecule has 0 saturated carbocycles. The van der Waals surface area contributed by atoms with Gasteiger partial charge in [0.25, 0.3) is 0 Å². The average Bonchev–Trinajstić information content (AvgIpc) is 3.20. The minimum absolute atomic E-state index is 0.0144. The van der Waals surface area contributed by atoms with E-state index in [1.54, 1.807) is 0 Å². The Morgan fingerprint density at radius 1 is 1.57 bits per heavy atom. The maximum absolute atomic E-state index is 12.7. The summed E-state index contributed by atoms with van der Waals surface area (Å²) in [6.45, 7) is 3.87. The summed E-state index contributed by atoms with van der Waals surface area (Å²) >= 11 is 1.01. The zero-order chi connectivity index (χ0) is 20.4. The maximum atomic E-state index is 12.7. The lowest BCUT2D eigenvalue weighted by molar-refractivity contribution is -0.0691. The van der Waals surface area contributed by atoms with Crippen LogP contribution in [0, 0.1) is 11.8 Å². The first-order chi connectivity index (χ1) is 13.3. The lowest BCUT2D eigenvalue weighted by Crippen LogP contribution is -2.28. The minimum Gasteiger partial charge on any atom is -0.450 e. The van der Waals surface area contributed by atoms with Crippen molar-refractivity contribution in [3.63, 3.8) is 0 Å². The van der Waals surface area contributed by atoms with Crippen LogP contribution in [-0.2, 0) is 9.47 Å². The summed E-state index contributed by atoms with van der Waals surface area (Å²) in [4.78, 5) is 31.2. The molecule has 0 bridgehead atoms. The monoisotopic (exact) mass is 412 g/mol. The second kappa shape index (κ2) is 8.41. The fourth-order valence-corrected chi connectivity index (χ4v) is 4.43. The van der Waals surface area contributed by atoms with Crippen molar-refractivity contribution >= 4 is 33.8 Å². The Balaban J connectivity index is 1.93. The number of carbonyl (C=O) groups is 1. The van der Waals surface area contributed by atoms with Gasteiger partial charge >= 0.3 is 11.0 Å². The number of aliphatic hydroxyl groups excluding tert-OH is 1. The molecule has 0 aliphatic carbocycles. The molecule has 0 radical (unpaired) electrons. The number of nitrogens with zero attached hydrogens (tertiary/aromatic N) is 3. The van der Waals surface area contributed by atoms with Gasteiger partial charge in [-0.05, 0) is 25.2 Å². The van der Waals surface area contributed by atoms with Crippen molar-refractivity contribution < 1.29 is 24.5 Å². The van der Waals surface area contributed by atoms with Crippen molar-refractivity contribution in [2.24, 2.45) is 11.8 Å². The fraction of sp³-hybridized carbons (Fsp3) is 0.647. The molecule has 2 aromatic heterocycles. The van der Waals surface area contributed by atoms with Gasteiger partial charge in [-0.3, -0.25) is 9.36 Å². The molecule has 1 fully saturated rings. The third kappa shape index (κ3) is 4.10. The summed E-state index contributed by atoms with van der Waals surface area (Å²) in [6.07, 6.45) is -0.00157. The molecule has 0 spiro atoms. The number of aromatic nitrogens is 3. The van der Waals surface area contributed by atoms with E-state index in [0.29, 0.717) is 29.6 Å². The van der Waals surface area contributed by atoms with Crippen LogP contribution < -0.4 is 10.6 Å². The molecule has 4 N–H and O–H groups in total. The zero-order valence-corrected chi connectivity index (χ0v) is 16.5. The van der Waals surface area contributed by atoms with E-state index in [2.05, 4.69) is 14.7 Å². The van der Waals surface area contributed by atoms with E-state index in [1.807, 2.05) is 13.8 Å². The molecule has 3 heterocycles. The maximum Gasteiger partial charge on any atom is 0.505 e. The van der Waals surface area contributed by atoms with Crippen LogP contribution in [0.4, 0.5) is 10.7 Å². The van der Waals surface area contributed by atoms with E-state index in [0.717, 1.165) is 11.3 Å². The van der Waals surface area contributed by atoms with E-state index >= 15 is 0 Å². The molecule has 5 atom stereocenters. The molecule has 28 heavy (non-hydrogen) atoms. The predicted octanol–water partition coefficient (Wildman–Crippen LogP) is 1.83. The molecule has 0 unspecified atom stereocenters. The van der Waals surface area contributed by atoms with Crippen molar-refractivity contribution in [1.29, 1.82) is 0 Å². The molecule has 1 aliphatic heterocycles. The summed E-state index contributed by atoms with van der Waals surface area (Å²) in [5, 5.41) is 19.0. The topological polar surface area (TPSA) is 150 Å². The first kappa shape index (κ1) is 20.5. The van der Waals surface area contributed by atoms with Crippen LogP contribution in [-0.4, -0.2) is 49.7 Å². The number of nitrogen functional groups attached to an aromatic ring is 1. The van der Waals surface area contributed by atoms with E-state index in [9.17, 15) is 14.7 Å². The zero-order valence-electron chi connectivity index (χ0n) is 15.6. The Morgan fingerprint density at radius 2 is 2.32 bits per heavy atom. The van der Waals surface area contributed by atoms with Crippen LogP contribution in [0.2, 0.25) is 0 Å². The number of fused-ring (bicyclic) bond motifs is 1. The Labute approximate surface area is 164 Å². The quantitative estimate of drug-likeness (QED) is 0.579. The molecule has 2 aromatic rings. The number of hydrogen-bond donors (Lipinski definition) is 3. The van der Waals surface area contributed by atoms with Gasteiger partial charge < -0.3 is 25.4 Å². The van der Waals surface area contributed by atoms with Gasteiger partial charge in [-0.2, -0.15) is 4.98 Å². The van der Waals surface area contributed by atoms with Crippen LogP contribution >= 0.6 is 11.3 Å². The van der Waals surface area contributed by atoms with Gasteiger partial charge in [0.2, 0.25) is 5.95 Å². The van der Waals surface area contributed by atoms with Crippen LogP contribution in [0.5, 0.6) is 0 Å². The largest absolute Gasteiger partial charge is 0.505 e. The minimum atomic E-state index is -1.32. The molecule has 1 saturated heterocycles. The number of aliphatic hydroxyl groups is 1. The number of rotatable bonds is 7. The van der Waals surface area contributed by atoms with Gasteiger partial charge in [0.1, 0.15) is 6.23 Å². The highest BCUT2D eigenvalue weighted by molar-refractivity contribution is 7.16. The van der Waals surface area contributed by atoms with E-state index in [1.165, 1.54) is 10.8 Å². The lowest BCUT2D eigenvalue weighted by Gasteiger charge is -2.25. The van der Waals surface area contributed by atoms with Crippen molar-refractivity contribution in [2.75, 3.05) is 12.3 Å². The first-order valence-corrected chi connectivity index (χ1v) is 9.96. The number of thiazole rings is 1. The standard InChI is InChI=1S/C17H24N4O6S/c1-3-10(22)11-6-9(8(2)4-5-26-17(24)25)14(27-11)21-13-12(28-16(21)23)7-19-15(18)20-13/h7-11,14,22H,3-6H2,1-2H3,(H,24,25)(H2,18,19,20)/t8-,9+,10+,11+,14-/m1/s1. The molecule has 1 aliphatic rings. The van der Waals surface area contributed by atoms with Crippen molar-refractivity contribution in [1.82, 2.24) is 14.5 Å². The van der Waals surface area contributed by atoms with Crippen molar-refractivity contribution in [3.8, 4) is 0 Å². The SMILES string of the molecule is CC[C@H](O)[C@@H]1C[C@@H]([C@H](C)CCOC(=O)O)[C@H](n2c(=O)sc3cnc(N)nc32)O1. The number of anilines is 1. The Bertz CT molecular complexity index is 899. The number of carboxylic acid groups (broad SMARTS) is 1. The highest BCUT2D eigenvalue weighted by Gasteiger charge is 2.43. The van der Waals surface area contributed by atoms with E-state index in [-0.39, 0.29) is 29.3 Å². The lowest BCUT2D eigenvalue weighted by atomic mass is 9.86. The van der Waals surface area contributed by atoms with Gasteiger partial charge in [-0.1, -0.05) is 25.2 Å². The average molecular weight is 412 g/mol. The molecule has 0 aromatic carbocycles. The highest BCUT2D eigenvalue weighted by Crippen LogP contribution is 2.42. The van der Waals surface area contributed by atoms with Crippen molar-refractivity contribution in [2.45, 2.75) is 51.5 Å². The van der Waals surface area contributed by atoms with Crippen LogP contribution in [0.3, 0.4) is 0 Å². The first-order valence-electron chi connectivity index (χ1n) is 9.14. The molecule has 10 nitrogen and oxygen atoms in total. The van der Waals surface area contributed by atoms with Crippen LogP contribution in [0.1, 0.15) is 39.3 Å². The summed E-state index contributed by atoms with van der Waals surface area (Å²) in [5.41, 5.74) is 6.10. The predicted molar refractivity (Wildman–Crippen MR) is 102 cm³/mol. The van der Waals surface area contributed by atoms with Gasteiger partial charge in [0.15, 0.2) is 5.65 Å². The van der Waals surface area contributed by atoms with Crippen molar-refractivity contribution in [3.05, 3.63) is 15.9 Å². The van der Waals surface area contributed by atoms with Crippen LogP contribution in [0.15, 0.2) is 11.0 Å². The molecule has 3 rings (SSSR count). The van der Waals surface area contributed by atoms with E-state index < -0.39 is 24.6 Å².